The Bertz CT molecular complexity index is 1060. The first kappa shape index (κ1) is 21.1. The predicted octanol–water partition coefficient (Wildman–Crippen LogP) is 2.28. The van der Waals surface area contributed by atoms with Crippen LogP contribution < -0.4 is 15.5 Å². The van der Waals surface area contributed by atoms with Gasteiger partial charge in [-0.3, -0.25) is 9.48 Å². The van der Waals surface area contributed by atoms with Gasteiger partial charge in [-0.05, 0) is 30.2 Å². The molecule has 0 aliphatic carbocycles. The summed E-state index contributed by atoms with van der Waals surface area (Å²) in [5.41, 5.74) is 0.778. The molecule has 31 heavy (non-hydrogen) atoms. The van der Waals surface area contributed by atoms with Gasteiger partial charge in [0.2, 0.25) is 11.9 Å². The number of carbonyl (C=O) groups excluding carboxylic acids is 1. The molecular formula is C21H24ClN7O2. The van der Waals surface area contributed by atoms with Crippen molar-refractivity contribution in [1.29, 1.82) is 0 Å². The van der Waals surface area contributed by atoms with Crippen LogP contribution in [0.5, 0.6) is 0 Å². The molecule has 3 N–H and O–H groups in total. The van der Waals surface area contributed by atoms with Gasteiger partial charge >= 0.3 is 0 Å². The first-order valence-electron chi connectivity index (χ1n) is 10.0. The summed E-state index contributed by atoms with van der Waals surface area (Å²) in [6.45, 7) is 1.06. The van der Waals surface area contributed by atoms with Crippen molar-refractivity contribution in [3.63, 3.8) is 0 Å². The lowest BCUT2D eigenvalue weighted by Gasteiger charge is -2.21. The molecule has 3 aromatic rings. The lowest BCUT2D eigenvalue weighted by Crippen LogP contribution is -2.37. The van der Waals surface area contributed by atoms with E-state index in [1.54, 1.807) is 35.3 Å². The highest BCUT2D eigenvalue weighted by molar-refractivity contribution is 6.30. The van der Waals surface area contributed by atoms with Crippen LogP contribution in [0.2, 0.25) is 5.02 Å². The zero-order valence-electron chi connectivity index (χ0n) is 17.1. The number of aromatic nitrogens is 4. The van der Waals surface area contributed by atoms with Crippen LogP contribution >= 0.6 is 11.6 Å². The molecule has 9 nitrogen and oxygen atoms in total. The number of aliphatic hydroxyl groups is 1. The molecule has 0 spiro atoms. The Kier molecular flexibility index (Phi) is 6.34. The SMILES string of the molecule is Cn1nccc1Nc1nccc(N2CC[C@H](C(=O)N[C@H](CO)c3cccc(Cl)c3)C2)n1. The van der Waals surface area contributed by atoms with E-state index in [2.05, 4.69) is 30.6 Å². The third-order valence-electron chi connectivity index (χ3n) is 5.33. The van der Waals surface area contributed by atoms with E-state index in [4.69, 9.17) is 11.6 Å². The minimum Gasteiger partial charge on any atom is -0.394 e. The maximum atomic E-state index is 12.8. The van der Waals surface area contributed by atoms with Crippen molar-refractivity contribution in [2.24, 2.45) is 13.0 Å². The van der Waals surface area contributed by atoms with E-state index >= 15 is 0 Å². The quantitative estimate of drug-likeness (QED) is 0.516. The minimum atomic E-state index is -0.492. The maximum Gasteiger partial charge on any atom is 0.230 e. The number of anilines is 3. The summed E-state index contributed by atoms with van der Waals surface area (Å²) < 4.78 is 1.70. The number of nitrogens with one attached hydrogen (secondary N) is 2. The van der Waals surface area contributed by atoms with Gasteiger partial charge in [-0.1, -0.05) is 23.7 Å². The topological polar surface area (TPSA) is 108 Å². The van der Waals surface area contributed by atoms with Gasteiger partial charge in [-0.25, -0.2) is 4.98 Å². The van der Waals surface area contributed by atoms with E-state index in [9.17, 15) is 9.90 Å². The van der Waals surface area contributed by atoms with Crippen molar-refractivity contribution in [2.75, 3.05) is 29.9 Å². The van der Waals surface area contributed by atoms with Gasteiger partial charge in [0.15, 0.2) is 0 Å². The molecule has 0 radical (unpaired) electrons. The minimum absolute atomic E-state index is 0.0937. The van der Waals surface area contributed by atoms with Gasteiger partial charge in [0, 0.05) is 37.4 Å². The molecule has 1 aliphatic rings. The number of benzene rings is 1. The van der Waals surface area contributed by atoms with Crippen LogP contribution in [-0.4, -0.2) is 50.5 Å². The largest absolute Gasteiger partial charge is 0.394 e. The molecule has 2 atom stereocenters. The molecule has 1 saturated heterocycles. The van der Waals surface area contributed by atoms with Crippen molar-refractivity contribution < 1.29 is 9.90 Å². The molecule has 4 rings (SSSR count). The van der Waals surface area contributed by atoms with Crippen LogP contribution in [0, 0.1) is 5.92 Å². The smallest absolute Gasteiger partial charge is 0.230 e. The van der Waals surface area contributed by atoms with Crippen molar-refractivity contribution in [2.45, 2.75) is 12.5 Å². The van der Waals surface area contributed by atoms with Gasteiger partial charge in [0.05, 0.1) is 24.8 Å². The van der Waals surface area contributed by atoms with Crippen molar-refractivity contribution >= 4 is 35.1 Å². The summed E-state index contributed by atoms with van der Waals surface area (Å²) in [5, 5.41) is 20.5. The fourth-order valence-corrected chi connectivity index (χ4v) is 3.83. The second-order valence-corrected chi connectivity index (χ2v) is 7.87. The van der Waals surface area contributed by atoms with Gasteiger partial charge in [0.25, 0.3) is 0 Å². The number of hydrogen-bond acceptors (Lipinski definition) is 7. The van der Waals surface area contributed by atoms with E-state index < -0.39 is 6.04 Å². The molecule has 1 aliphatic heterocycles. The molecule has 2 aromatic heterocycles. The second-order valence-electron chi connectivity index (χ2n) is 7.43. The van der Waals surface area contributed by atoms with Crippen molar-refractivity contribution in [1.82, 2.24) is 25.1 Å². The van der Waals surface area contributed by atoms with E-state index in [1.165, 1.54) is 0 Å². The Labute approximate surface area is 185 Å². The lowest BCUT2D eigenvalue weighted by molar-refractivity contribution is -0.125. The Hall–Kier alpha value is -3.17. The molecule has 1 aromatic carbocycles. The Morgan fingerprint density at radius 1 is 1.32 bits per heavy atom. The predicted molar refractivity (Wildman–Crippen MR) is 118 cm³/mol. The highest BCUT2D eigenvalue weighted by Gasteiger charge is 2.30. The van der Waals surface area contributed by atoms with Crippen LogP contribution in [0.3, 0.4) is 0 Å². The van der Waals surface area contributed by atoms with E-state index in [0.717, 1.165) is 17.2 Å². The molecule has 162 valence electrons. The summed E-state index contributed by atoms with van der Waals surface area (Å²) in [6, 6.07) is 10.3. The molecular weight excluding hydrogens is 418 g/mol. The molecule has 1 amide bonds. The van der Waals surface area contributed by atoms with Crippen LogP contribution in [0.1, 0.15) is 18.0 Å². The van der Waals surface area contributed by atoms with Gasteiger partial charge in [-0.15, -0.1) is 0 Å². The number of hydrogen-bond donors (Lipinski definition) is 3. The van der Waals surface area contributed by atoms with Gasteiger partial charge in [0.1, 0.15) is 11.6 Å². The number of aliphatic hydroxyl groups excluding tert-OH is 1. The summed E-state index contributed by atoms with van der Waals surface area (Å²) in [7, 11) is 1.83. The molecule has 1 fully saturated rings. The summed E-state index contributed by atoms with van der Waals surface area (Å²) in [5.74, 6) is 1.71. The first-order chi connectivity index (χ1) is 15.0. The zero-order valence-corrected chi connectivity index (χ0v) is 17.8. The third kappa shape index (κ3) is 4.95. The molecule has 0 unspecified atom stereocenters. The van der Waals surface area contributed by atoms with Gasteiger partial charge in [-0.2, -0.15) is 10.1 Å². The number of nitrogens with zero attached hydrogens (tertiary/aromatic N) is 5. The average Bonchev–Trinajstić information content (AvgIpc) is 3.42. The number of aryl methyl sites for hydroxylation is 1. The lowest BCUT2D eigenvalue weighted by atomic mass is 10.0. The van der Waals surface area contributed by atoms with Crippen molar-refractivity contribution in [3.8, 4) is 0 Å². The summed E-state index contributed by atoms with van der Waals surface area (Å²) in [4.78, 5) is 23.7. The Balaban J connectivity index is 1.39. The standard InChI is InChI=1S/C21H24ClN7O2/c1-28-18(6-9-24-28)26-21-23-8-5-19(27-21)29-10-7-15(12-29)20(31)25-17(13-30)14-3-2-4-16(22)11-14/h2-6,8-9,11,15,17,30H,7,10,12-13H2,1H3,(H,25,31)(H,23,26,27)/t15-,17+/m0/s1. The average molecular weight is 442 g/mol. The zero-order chi connectivity index (χ0) is 21.8. The van der Waals surface area contributed by atoms with Gasteiger partial charge < -0.3 is 20.6 Å². The normalized spacial score (nSPS) is 16.9. The van der Waals surface area contributed by atoms with Crippen LogP contribution in [0.25, 0.3) is 0 Å². The van der Waals surface area contributed by atoms with Crippen LogP contribution in [-0.2, 0) is 11.8 Å². The molecule has 3 heterocycles. The molecule has 0 bridgehead atoms. The second kappa shape index (κ2) is 9.32. The number of rotatable bonds is 7. The van der Waals surface area contributed by atoms with E-state index in [1.807, 2.05) is 25.2 Å². The highest BCUT2D eigenvalue weighted by Crippen LogP contribution is 2.25. The van der Waals surface area contributed by atoms with Crippen LogP contribution in [0.4, 0.5) is 17.6 Å². The summed E-state index contributed by atoms with van der Waals surface area (Å²) >= 11 is 6.04. The fourth-order valence-electron chi connectivity index (χ4n) is 3.63. The number of amides is 1. The molecule has 0 saturated carbocycles. The fraction of sp³-hybridized carbons (Fsp3) is 0.333. The van der Waals surface area contributed by atoms with Crippen LogP contribution in [0.15, 0.2) is 48.8 Å². The maximum absolute atomic E-state index is 12.8. The number of carbonyl (C=O) groups is 1. The third-order valence-corrected chi connectivity index (χ3v) is 5.57. The van der Waals surface area contributed by atoms with E-state index in [-0.39, 0.29) is 18.4 Å². The first-order valence-corrected chi connectivity index (χ1v) is 10.4. The molecule has 10 heteroatoms. The Morgan fingerprint density at radius 3 is 2.94 bits per heavy atom. The number of halogens is 1. The van der Waals surface area contributed by atoms with Crippen molar-refractivity contribution in [3.05, 3.63) is 59.4 Å². The van der Waals surface area contributed by atoms with E-state index in [0.29, 0.717) is 30.5 Å². The monoisotopic (exact) mass is 441 g/mol. The highest BCUT2D eigenvalue weighted by atomic mass is 35.5. The Morgan fingerprint density at radius 2 is 2.19 bits per heavy atom. The summed E-state index contributed by atoms with van der Waals surface area (Å²) in [6.07, 6.45) is 4.09.